The van der Waals surface area contributed by atoms with Crippen LogP contribution >= 0.6 is 0 Å². The molecule has 0 saturated carbocycles. The van der Waals surface area contributed by atoms with E-state index in [0.29, 0.717) is 11.1 Å². The second-order valence-electron chi connectivity index (χ2n) is 8.56. The summed E-state index contributed by atoms with van der Waals surface area (Å²) in [5.41, 5.74) is 1.91. The third-order valence-electron chi connectivity index (χ3n) is 5.08. The monoisotopic (exact) mass is 436 g/mol. The number of rotatable bonds is 8. The summed E-state index contributed by atoms with van der Waals surface area (Å²) in [6.07, 6.45) is 3.21. The van der Waals surface area contributed by atoms with Crippen LogP contribution < -0.4 is 0 Å². The number of hydrogen-bond acceptors (Lipinski definition) is 6. The first-order valence-electron chi connectivity index (χ1n) is 10.7. The maximum absolute atomic E-state index is 13.0. The van der Waals surface area contributed by atoms with Crippen molar-refractivity contribution in [1.82, 2.24) is 9.88 Å². The molecule has 3 rings (SSSR count). The van der Waals surface area contributed by atoms with Gasteiger partial charge in [-0.3, -0.25) is 14.6 Å². The summed E-state index contributed by atoms with van der Waals surface area (Å²) in [7, 11) is 0. The van der Waals surface area contributed by atoms with Gasteiger partial charge in [-0.2, -0.15) is 0 Å². The van der Waals surface area contributed by atoms with Crippen molar-refractivity contribution >= 4 is 17.7 Å². The highest BCUT2D eigenvalue weighted by Crippen LogP contribution is 2.39. The van der Waals surface area contributed by atoms with Gasteiger partial charge in [-0.25, -0.2) is 4.79 Å². The lowest BCUT2D eigenvalue weighted by molar-refractivity contribution is -0.130. The van der Waals surface area contributed by atoms with Gasteiger partial charge >= 0.3 is 5.97 Å². The number of carbonyl (C=O) groups excluding carboxylic acids is 3. The van der Waals surface area contributed by atoms with Gasteiger partial charge in [0, 0.05) is 25.4 Å². The van der Waals surface area contributed by atoms with Crippen LogP contribution in [0.1, 0.15) is 61.6 Å². The molecule has 1 amide bonds. The Kier molecular flexibility index (Phi) is 7.08. The Bertz CT molecular complexity index is 1030. The standard InChI is InChI=1S/C25H28N2O5/c1-15(2)12-20(28)21-22(19-6-5-11-26-13-19)27(24(30)23(21)29)14-17-7-9-18(10-8-17)25(31)32-16(3)4/h5-11,13,15-16,22,29H,12,14H2,1-4H3. The van der Waals surface area contributed by atoms with Crippen LogP contribution in [0.25, 0.3) is 0 Å². The highest BCUT2D eigenvalue weighted by molar-refractivity contribution is 6.09. The average molecular weight is 437 g/mol. The number of ether oxygens (including phenoxy) is 1. The number of pyridine rings is 1. The van der Waals surface area contributed by atoms with E-state index in [4.69, 9.17) is 4.74 Å². The molecule has 1 aliphatic rings. The van der Waals surface area contributed by atoms with Crippen molar-refractivity contribution in [2.75, 3.05) is 0 Å². The van der Waals surface area contributed by atoms with Crippen LogP contribution in [0.3, 0.4) is 0 Å². The maximum atomic E-state index is 13.0. The van der Waals surface area contributed by atoms with Crippen molar-refractivity contribution in [1.29, 1.82) is 0 Å². The van der Waals surface area contributed by atoms with E-state index in [9.17, 15) is 19.5 Å². The van der Waals surface area contributed by atoms with Crippen LogP contribution in [0.15, 0.2) is 60.1 Å². The highest BCUT2D eigenvalue weighted by atomic mass is 16.5. The molecule has 1 N–H and O–H groups in total. The van der Waals surface area contributed by atoms with E-state index in [0.717, 1.165) is 5.56 Å². The van der Waals surface area contributed by atoms with E-state index in [1.165, 1.54) is 4.90 Å². The number of aliphatic hydroxyl groups excluding tert-OH is 1. The fraction of sp³-hybridized carbons (Fsp3) is 0.360. The predicted octanol–water partition coefficient (Wildman–Crippen LogP) is 4.16. The van der Waals surface area contributed by atoms with Crippen molar-refractivity contribution < 1.29 is 24.2 Å². The van der Waals surface area contributed by atoms with E-state index in [2.05, 4.69) is 4.98 Å². The van der Waals surface area contributed by atoms with E-state index in [-0.39, 0.29) is 36.3 Å². The molecule has 2 heterocycles. The zero-order valence-corrected chi connectivity index (χ0v) is 18.7. The summed E-state index contributed by atoms with van der Waals surface area (Å²) in [6.45, 7) is 7.54. The molecule has 168 valence electrons. The first-order valence-corrected chi connectivity index (χ1v) is 10.7. The fourth-order valence-electron chi connectivity index (χ4n) is 3.69. The molecule has 0 spiro atoms. The minimum absolute atomic E-state index is 0.0830. The zero-order valence-electron chi connectivity index (χ0n) is 18.7. The molecule has 7 heteroatoms. The van der Waals surface area contributed by atoms with Gasteiger partial charge in [0.15, 0.2) is 11.5 Å². The van der Waals surface area contributed by atoms with E-state index in [1.807, 2.05) is 13.8 Å². The van der Waals surface area contributed by atoms with Gasteiger partial charge in [0.25, 0.3) is 5.91 Å². The summed E-state index contributed by atoms with van der Waals surface area (Å²) < 4.78 is 5.20. The second kappa shape index (κ2) is 9.77. The molecule has 1 unspecified atom stereocenters. The summed E-state index contributed by atoms with van der Waals surface area (Å²) in [4.78, 5) is 43.6. The average Bonchev–Trinajstić information content (AvgIpc) is 2.99. The molecule has 2 aromatic rings. The molecule has 32 heavy (non-hydrogen) atoms. The minimum Gasteiger partial charge on any atom is -0.503 e. The fourth-order valence-corrected chi connectivity index (χ4v) is 3.69. The number of nitrogens with zero attached hydrogens (tertiary/aromatic N) is 2. The highest BCUT2D eigenvalue weighted by Gasteiger charge is 2.43. The Morgan fingerprint density at radius 3 is 2.38 bits per heavy atom. The Balaban J connectivity index is 1.90. The van der Waals surface area contributed by atoms with Crippen molar-refractivity contribution in [3.63, 3.8) is 0 Å². The van der Waals surface area contributed by atoms with Gasteiger partial charge in [-0.15, -0.1) is 0 Å². The lowest BCUT2D eigenvalue weighted by atomic mass is 9.93. The Morgan fingerprint density at radius 1 is 1.12 bits per heavy atom. The number of benzene rings is 1. The first kappa shape index (κ1) is 23.2. The topological polar surface area (TPSA) is 96.8 Å². The van der Waals surface area contributed by atoms with Crippen molar-refractivity contribution in [3.05, 3.63) is 76.8 Å². The molecular formula is C25H28N2O5. The van der Waals surface area contributed by atoms with Gasteiger partial charge in [-0.05, 0) is 49.1 Å². The molecule has 7 nitrogen and oxygen atoms in total. The second-order valence-corrected chi connectivity index (χ2v) is 8.56. The number of aromatic nitrogens is 1. The number of Topliss-reactive ketones (excluding diaryl/α,β-unsaturated/α-hetero) is 1. The Hall–Kier alpha value is -3.48. The first-order chi connectivity index (χ1) is 15.2. The largest absolute Gasteiger partial charge is 0.503 e. The Labute approximate surface area is 187 Å². The minimum atomic E-state index is -0.729. The van der Waals surface area contributed by atoms with Crippen LogP contribution in [0, 0.1) is 5.92 Å². The van der Waals surface area contributed by atoms with Gasteiger partial charge in [0.2, 0.25) is 0 Å². The van der Waals surface area contributed by atoms with E-state index in [1.54, 1.807) is 62.6 Å². The Morgan fingerprint density at radius 2 is 1.81 bits per heavy atom. The third kappa shape index (κ3) is 5.04. The normalized spacial score (nSPS) is 16.2. The number of amides is 1. The van der Waals surface area contributed by atoms with Gasteiger partial charge in [0.1, 0.15) is 0 Å². The van der Waals surface area contributed by atoms with Gasteiger partial charge in [-0.1, -0.05) is 32.0 Å². The molecule has 0 fully saturated rings. The number of ketones is 1. The summed E-state index contributed by atoms with van der Waals surface area (Å²) in [6, 6.07) is 9.52. The molecule has 0 bridgehead atoms. The van der Waals surface area contributed by atoms with Gasteiger partial charge < -0.3 is 14.7 Å². The molecule has 1 aliphatic heterocycles. The van der Waals surface area contributed by atoms with Gasteiger partial charge in [0.05, 0.1) is 23.3 Å². The summed E-state index contributed by atoms with van der Waals surface area (Å²) in [5, 5.41) is 10.6. The number of carbonyl (C=O) groups is 3. The van der Waals surface area contributed by atoms with Crippen LogP contribution in [0.4, 0.5) is 0 Å². The summed E-state index contributed by atoms with van der Waals surface area (Å²) >= 11 is 0. The quantitative estimate of drug-likeness (QED) is 0.624. The van der Waals surface area contributed by atoms with Crippen molar-refractivity contribution in [3.8, 4) is 0 Å². The molecular weight excluding hydrogens is 408 g/mol. The van der Waals surface area contributed by atoms with E-state index < -0.39 is 23.7 Å². The van der Waals surface area contributed by atoms with Crippen LogP contribution in [-0.2, 0) is 20.9 Å². The number of esters is 1. The predicted molar refractivity (Wildman–Crippen MR) is 119 cm³/mol. The molecule has 0 radical (unpaired) electrons. The molecule has 1 aromatic carbocycles. The summed E-state index contributed by atoms with van der Waals surface area (Å²) in [5.74, 6) is -1.71. The molecule has 0 saturated heterocycles. The smallest absolute Gasteiger partial charge is 0.338 e. The SMILES string of the molecule is CC(C)CC(=O)C1=C(O)C(=O)N(Cc2ccc(C(=O)OC(C)C)cc2)C1c1cccnc1. The lowest BCUT2D eigenvalue weighted by Crippen LogP contribution is -2.30. The van der Waals surface area contributed by atoms with Crippen LogP contribution in [0.2, 0.25) is 0 Å². The zero-order chi connectivity index (χ0) is 23.4. The lowest BCUT2D eigenvalue weighted by Gasteiger charge is -2.27. The van der Waals surface area contributed by atoms with Crippen molar-refractivity contribution in [2.45, 2.75) is 52.8 Å². The van der Waals surface area contributed by atoms with Crippen LogP contribution in [-0.4, -0.2) is 38.8 Å². The van der Waals surface area contributed by atoms with Crippen LogP contribution in [0.5, 0.6) is 0 Å². The number of aliphatic hydroxyl groups is 1. The number of hydrogen-bond donors (Lipinski definition) is 1. The molecule has 1 aromatic heterocycles. The maximum Gasteiger partial charge on any atom is 0.338 e. The van der Waals surface area contributed by atoms with E-state index >= 15 is 0 Å². The molecule has 0 aliphatic carbocycles. The van der Waals surface area contributed by atoms with Crippen molar-refractivity contribution in [2.24, 2.45) is 5.92 Å². The molecule has 1 atom stereocenters. The third-order valence-corrected chi connectivity index (χ3v) is 5.08.